The number of nitrogens with one attached hydrogen (secondary N) is 2. The van der Waals surface area contributed by atoms with E-state index in [4.69, 9.17) is 14.0 Å². The van der Waals surface area contributed by atoms with Crippen molar-refractivity contribution in [3.8, 4) is 10.4 Å². The van der Waals surface area contributed by atoms with Gasteiger partial charge in [-0.1, -0.05) is 41.6 Å². The third-order valence-corrected chi connectivity index (χ3v) is 8.18. The van der Waals surface area contributed by atoms with Crippen LogP contribution < -0.4 is 10.0 Å². The summed E-state index contributed by atoms with van der Waals surface area (Å²) in [5.74, 6) is -1.99. The molecule has 2 aromatic carbocycles. The number of thiophene rings is 1. The van der Waals surface area contributed by atoms with Crippen LogP contribution >= 0.6 is 11.3 Å². The predicted molar refractivity (Wildman–Crippen MR) is 148 cm³/mol. The van der Waals surface area contributed by atoms with Gasteiger partial charge in [-0.15, -0.1) is 11.3 Å². The molecule has 4 aromatic rings. The van der Waals surface area contributed by atoms with Gasteiger partial charge in [-0.25, -0.2) is 18.0 Å². The number of carbonyl (C=O) groups excluding carboxylic acids is 3. The highest BCUT2D eigenvalue weighted by molar-refractivity contribution is 7.92. The molecule has 0 saturated heterocycles. The molecule has 0 unspecified atom stereocenters. The van der Waals surface area contributed by atoms with Gasteiger partial charge in [0, 0.05) is 10.6 Å². The summed E-state index contributed by atoms with van der Waals surface area (Å²) in [4.78, 5) is 38.4. The van der Waals surface area contributed by atoms with E-state index in [9.17, 15) is 22.8 Å². The average molecular weight is 584 g/mol. The van der Waals surface area contributed by atoms with Crippen LogP contribution in [0.4, 0.5) is 10.7 Å². The van der Waals surface area contributed by atoms with Crippen LogP contribution in [0.25, 0.3) is 10.4 Å². The van der Waals surface area contributed by atoms with Gasteiger partial charge in [-0.05, 0) is 50.6 Å². The number of aryl methyl sites for hydroxylation is 2. The summed E-state index contributed by atoms with van der Waals surface area (Å²) in [6.45, 7) is 4.17. The van der Waals surface area contributed by atoms with Crippen LogP contribution in [0.15, 0.2) is 70.1 Å². The van der Waals surface area contributed by atoms with E-state index >= 15 is 0 Å². The molecule has 0 atom stereocenters. The SMILES string of the molecule is CCOC(=O)c1cc(-c2ccccc2)sc1NC(=O)COC(=O)c1cccc(NS(=O)(=O)c2c(C)noc2C)c1. The normalized spacial score (nSPS) is 11.1. The summed E-state index contributed by atoms with van der Waals surface area (Å²) in [6.07, 6.45) is 0. The lowest BCUT2D eigenvalue weighted by atomic mass is 10.1. The molecule has 208 valence electrons. The summed E-state index contributed by atoms with van der Waals surface area (Å²) in [6, 6.07) is 16.6. The van der Waals surface area contributed by atoms with Crippen molar-refractivity contribution < 1.29 is 36.8 Å². The van der Waals surface area contributed by atoms with E-state index in [1.165, 1.54) is 49.4 Å². The van der Waals surface area contributed by atoms with Crippen LogP contribution in [0, 0.1) is 13.8 Å². The van der Waals surface area contributed by atoms with Crippen molar-refractivity contribution in [3.05, 3.63) is 83.2 Å². The molecule has 0 aliphatic rings. The zero-order chi connectivity index (χ0) is 28.9. The van der Waals surface area contributed by atoms with E-state index in [0.717, 1.165) is 10.4 Å². The number of anilines is 2. The van der Waals surface area contributed by atoms with Crippen LogP contribution in [0.2, 0.25) is 0 Å². The van der Waals surface area contributed by atoms with Crippen molar-refractivity contribution in [3.63, 3.8) is 0 Å². The van der Waals surface area contributed by atoms with E-state index in [0.29, 0.717) is 0 Å². The van der Waals surface area contributed by atoms with E-state index < -0.39 is 34.5 Å². The van der Waals surface area contributed by atoms with E-state index in [-0.39, 0.29) is 44.8 Å². The van der Waals surface area contributed by atoms with Crippen molar-refractivity contribution in [1.29, 1.82) is 0 Å². The first-order valence-corrected chi connectivity index (χ1v) is 14.3. The van der Waals surface area contributed by atoms with Gasteiger partial charge >= 0.3 is 11.9 Å². The molecule has 40 heavy (non-hydrogen) atoms. The first-order valence-electron chi connectivity index (χ1n) is 12.0. The number of rotatable bonds is 10. The highest BCUT2D eigenvalue weighted by atomic mass is 32.2. The minimum atomic E-state index is -4.03. The first kappa shape index (κ1) is 28.5. The number of carbonyl (C=O) groups is 3. The third-order valence-electron chi connectivity index (χ3n) is 5.46. The molecule has 0 aliphatic heterocycles. The van der Waals surface area contributed by atoms with Crippen molar-refractivity contribution in [1.82, 2.24) is 5.16 Å². The molecular weight excluding hydrogens is 558 g/mol. The monoisotopic (exact) mass is 583 g/mol. The fourth-order valence-electron chi connectivity index (χ4n) is 3.74. The van der Waals surface area contributed by atoms with Crippen LogP contribution in [-0.4, -0.2) is 44.6 Å². The Morgan fingerprint density at radius 2 is 1.73 bits per heavy atom. The quantitative estimate of drug-likeness (QED) is 0.251. The van der Waals surface area contributed by atoms with Crippen molar-refractivity contribution in [2.24, 2.45) is 0 Å². The maximum Gasteiger partial charge on any atom is 0.341 e. The summed E-state index contributed by atoms with van der Waals surface area (Å²) >= 11 is 1.18. The average Bonchev–Trinajstić information content (AvgIpc) is 3.50. The molecule has 0 radical (unpaired) electrons. The highest BCUT2D eigenvalue weighted by Crippen LogP contribution is 2.36. The van der Waals surface area contributed by atoms with Crippen molar-refractivity contribution in [2.75, 3.05) is 23.3 Å². The maximum atomic E-state index is 12.8. The van der Waals surface area contributed by atoms with Crippen molar-refractivity contribution >= 4 is 49.9 Å². The van der Waals surface area contributed by atoms with Crippen LogP contribution in [0.1, 0.15) is 39.1 Å². The van der Waals surface area contributed by atoms with Crippen LogP contribution in [0.5, 0.6) is 0 Å². The molecule has 11 nitrogen and oxygen atoms in total. The topological polar surface area (TPSA) is 154 Å². The number of ether oxygens (including phenoxy) is 2. The molecule has 0 bridgehead atoms. The minimum absolute atomic E-state index is 0.0152. The second kappa shape index (κ2) is 12.1. The fraction of sp³-hybridized carbons (Fsp3) is 0.185. The van der Waals surface area contributed by atoms with Gasteiger partial charge in [0.1, 0.15) is 10.7 Å². The number of sulfonamides is 1. The summed E-state index contributed by atoms with van der Waals surface area (Å²) in [5.41, 5.74) is 1.35. The summed E-state index contributed by atoms with van der Waals surface area (Å²) in [7, 11) is -4.03. The molecule has 0 aliphatic carbocycles. The largest absolute Gasteiger partial charge is 0.462 e. The summed E-state index contributed by atoms with van der Waals surface area (Å²) in [5, 5.41) is 6.52. The van der Waals surface area contributed by atoms with Crippen LogP contribution in [0.3, 0.4) is 0 Å². The standard InChI is InChI=1S/C27H25N3O8S2/c1-4-36-27(33)21-14-22(18-9-6-5-7-10-18)39-25(21)28-23(31)15-37-26(32)19-11-8-12-20(13-19)30-40(34,35)24-16(2)29-38-17(24)3/h5-14,30H,4,15H2,1-3H3,(H,28,31). The third kappa shape index (κ3) is 6.55. The maximum absolute atomic E-state index is 12.8. The lowest BCUT2D eigenvalue weighted by Crippen LogP contribution is -2.21. The number of nitrogens with zero attached hydrogens (tertiary/aromatic N) is 1. The zero-order valence-corrected chi connectivity index (χ0v) is 23.4. The lowest BCUT2D eigenvalue weighted by Gasteiger charge is -2.10. The Balaban J connectivity index is 1.43. The molecule has 1 amide bonds. The van der Waals surface area contributed by atoms with E-state index in [2.05, 4.69) is 15.2 Å². The molecular formula is C27H25N3O8S2. The van der Waals surface area contributed by atoms with Gasteiger partial charge in [-0.3, -0.25) is 9.52 Å². The molecule has 0 fully saturated rings. The van der Waals surface area contributed by atoms with Gasteiger partial charge in [0.25, 0.3) is 15.9 Å². The number of esters is 2. The first-order chi connectivity index (χ1) is 19.1. The smallest absolute Gasteiger partial charge is 0.341 e. The number of aromatic nitrogens is 1. The number of benzene rings is 2. The van der Waals surface area contributed by atoms with Gasteiger partial charge in [0.15, 0.2) is 17.3 Å². The Labute approximate surface area is 234 Å². The number of amides is 1. The molecule has 2 heterocycles. The molecule has 0 spiro atoms. The fourth-order valence-corrected chi connectivity index (χ4v) is 6.19. The zero-order valence-electron chi connectivity index (χ0n) is 21.7. The number of hydrogen-bond acceptors (Lipinski definition) is 10. The Morgan fingerprint density at radius 3 is 2.40 bits per heavy atom. The Bertz CT molecular complexity index is 1640. The minimum Gasteiger partial charge on any atom is -0.462 e. The molecule has 13 heteroatoms. The molecule has 0 saturated carbocycles. The van der Waals surface area contributed by atoms with Gasteiger partial charge in [-0.2, -0.15) is 0 Å². The van der Waals surface area contributed by atoms with E-state index in [1.807, 2.05) is 30.3 Å². The molecule has 2 aromatic heterocycles. The van der Waals surface area contributed by atoms with Gasteiger partial charge in [0.2, 0.25) is 0 Å². The second-order valence-electron chi connectivity index (χ2n) is 8.40. The van der Waals surface area contributed by atoms with Crippen LogP contribution in [-0.2, 0) is 24.3 Å². The highest BCUT2D eigenvalue weighted by Gasteiger charge is 2.25. The second-order valence-corrected chi connectivity index (χ2v) is 11.1. The lowest BCUT2D eigenvalue weighted by molar-refractivity contribution is -0.119. The van der Waals surface area contributed by atoms with Crippen molar-refractivity contribution in [2.45, 2.75) is 25.7 Å². The van der Waals surface area contributed by atoms with Gasteiger partial charge < -0.3 is 19.3 Å². The Morgan fingerprint density at radius 1 is 0.975 bits per heavy atom. The van der Waals surface area contributed by atoms with Gasteiger partial charge in [0.05, 0.1) is 17.7 Å². The predicted octanol–water partition coefficient (Wildman–Crippen LogP) is 4.79. The molecule has 2 N–H and O–H groups in total. The van der Waals surface area contributed by atoms with E-state index in [1.54, 1.807) is 13.0 Å². The summed E-state index contributed by atoms with van der Waals surface area (Å²) < 4.78 is 43.1. The Kier molecular flexibility index (Phi) is 8.65. The molecule has 4 rings (SSSR count). The number of hydrogen-bond donors (Lipinski definition) is 2. The Hall–Kier alpha value is -4.49.